The van der Waals surface area contributed by atoms with Crippen molar-refractivity contribution in [1.82, 2.24) is 14.8 Å². The van der Waals surface area contributed by atoms with Gasteiger partial charge in [0.15, 0.2) is 5.78 Å². The largest absolute Gasteiger partial charge is 0.328 e. The SMILES string of the molecule is O=C1CCCC2=C1C(c1cc(F)cc(F)c1)n1nc(SCc3cccc([N+](=O)[O-])c3)nc1N2. The Kier molecular flexibility index (Phi) is 5.41. The molecule has 1 aromatic heterocycles. The fourth-order valence-electron chi connectivity index (χ4n) is 4.15. The summed E-state index contributed by atoms with van der Waals surface area (Å²) < 4.78 is 29.5. The fraction of sp³-hybridized carbons (Fsp3) is 0.227. The van der Waals surface area contributed by atoms with E-state index in [9.17, 15) is 23.7 Å². The molecule has 0 saturated carbocycles. The zero-order valence-electron chi connectivity index (χ0n) is 17.1. The van der Waals surface area contributed by atoms with Crippen LogP contribution in [0.5, 0.6) is 0 Å². The number of ketones is 1. The van der Waals surface area contributed by atoms with E-state index in [1.54, 1.807) is 12.1 Å². The highest BCUT2D eigenvalue weighted by atomic mass is 32.2. The van der Waals surface area contributed by atoms with Crippen molar-refractivity contribution in [2.24, 2.45) is 0 Å². The number of nitrogens with zero attached hydrogens (tertiary/aromatic N) is 4. The highest BCUT2D eigenvalue weighted by Gasteiger charge is 2.37. The molecule has 168 valence electrons. The third-order valence-electron chi connectivity index (χ3n) is 5.54. The number of halogens is 2. The lowest BCUT2D eigenvalue weighted by atomic mass is 9.85. The molecule has 1 unspecified atom stereocenters. The van der Waals surface area contributed by atoms with E-state index in [0.717, 1.165) is 11.6 Å². The first-order valence-electron chi connectivity index (χ1n) is 10.2. The Morgan fingerprint density at radius 1 is 1.18 bits per heavy atom. The Bertz CT molecular complexity index is 1300. The minimum Gasteiger partial charge on any atom is -0.328 e. The molecule has 2 aliphatic rings. The number of rotatable bonds is 5. The first kappa shape index (κ1) is 21.3. The summed E-state index contributed by atoms with van der Waals surface area (Å²) in [7, 11) is 0. The molecule has 0 fully saturated rings. The van der Waals surface area contributed by atoms with Crippen LogP contribution in [0.2, 0.25) is 0 Å². The first-order chi connectivity index (χ1) is 15.9. The molecule has 11 heteroatoms. The lowest BCUT2D eigenvalue weighted by Gasteiger charge is -2.32. The lowest BCUT2D eigenvalue weighted by Crippen LogP contribution is -2.31. The van der Waals surface area contributed by atoms with Crippen LogP contribution in [0, 0.1) is 21.7 Å². The molecule has 33 heavy (non-hydrogen) atoms. The van der Waals surface area contributed by atoms with Gasteiger partial charge in [-0.1, -0.05) is 23.9 Å². The van der Waals surface area contributed by atoms with Crippen molar-refractivity contribution in [2.45, 2.75) is 36.2 Å². The third kappa shape index (κ3) is 4.11. The number of thioether (sulfide) groups is 1. The lowest BCUT2D eigenvalue weighted by molar-refractivity contribution is -0.384. The van der Waals surface area contributed by atoms with Crippen molar-refractivity contribution >= 4 is 29.2 Å². The molecular weight excluding hydrogens is 452 g/mol. The number of benzene rings is 2. The van der Waals surface area contributed by atoms with Gasteiger partial charge >= 0.3 is 0 Å². The van der Waals surface area contributed by atoms with Crippen LogP contribution in [0.1, 0.15) is 36.4 Å². The molecule has 0 saturated heterocycles. The number of nitro benzene ring substituents is 1. The number of carbonyl (C=O) groups is 1. The van der Waals surface area contributed by atoms with Gasteiger partial charge in [0.2, 0.25) is 11.1 Å². The molecule has 2 aromatic carbocycles. The van der Waals surface area contributed by atoms with Crippen LogP contribution in [-0.2, 0) is 10.5 Å². The van der Waals surface area contributed by atoms with E-state index in [-0.39, 0.29) is 17.0 Å². The molecular formula is C22H17F2N5O3S. The number of carbonyl (C=O) groups excluding carboxylic acids is 1. The van der Waals surface area contributed by atoms with E-state index in [2.05, 4.69) is 15.4 Å². The van der Waals surface area contributed by atoms with Gasteiger partial charge in [-0.15, -0.1) is 5.10 Å². The molecule has 1 atom stereocenters. The molecule has 0 amide bonds. The van der Waals surface area contributed by atoms with Gasteiger partial charge in [-0.25, -0.2) is 13.5 Å². The van der Waals surface area contributed by atoms with Crippen LogP contribution in [0.15, 0.2) is 58.9 Å². The molecule has 1 aliphatic carbocycles. The van der Waals surface area contributed by atoms with Gasteiger partial charge in [-0.2, -0.15) is 4.98 Å². The maximum absolute atomic E-state index is 14.0. The highest BCUT2D eigenvalue weighted by molar-refractivity contribution is 7.98. The second-order valence-electron chi connectivity index (χ2n) is 7.78. The normalized spacial score (nSPS) is 17.4. The molecule has 1 aliphatic heterocycles. The summed E-state index contributed by atoms with van der Waals surface area (Å²) in [6.07, 6.45) is 1.66. The van der Waals surface area contributed by atoms with Crippen LogP contribution in [0.4, 0.5) is 20.4 Å². The summed E-state index contributed by atoms with van der Waals surface area (Å²) in [6, 6.07) is 8.67. The number of nitro groups is 1. The standard InChI is InChI=1S/C22H17F2N5O3S/c23-14-8-13(9-15(24)10-14)20-19-17(5-2-6-18(19)30)25-21-26-22(27-28(20)21)33-11-12-3-1-4-16(7-12)29(31)32/h1,3-4,7-10,20H,2,5-6,11H2,(H,25,26,27). The summed E-state index contributed by atoms with van der Waals surface area (Å²) in [5.41, 5.74) is 2.13. The van der Waals surface area contributed by atoms with Gasteiger partial charge in [0, 0.05) is 41.6 Å². The Hall–Kier alpha value is -3.60. The summed E-state index contributed by atoms with van der Waals surface area (Å²) in [5, 5.41) is 19.0. The number of fused-ring (bicyclic) bond motifs is 1. The van der Waals surface area contributed by atoms with Crippen molar-refractivity contribution in [3.63, 3.8) is 0 Å². The smallest absolute Gasteiger partial charge is 0.269 e. The summed E-state index contributed by atoms with van der Waals surface area (Å²) >= 11 is 1.27. The quantitative estimate of drug-likeness (QED) is 0.326. The van der Waals surface area contributed by atoms with E-state index in [1.807, 2.05) is 0 Å². The van der Waals surface area contributed by atoms with Crippen molar-refractivity contribution in [1.29, 1.82) is 0 Å². The summed E-state index contributed by atoms with van der Waals surface area (Å²) in [4.78, 5) is 27.8. The van der Waals surface area contributed by atoms with Gasteiger partial charge in [0.25, 0.3) is 5.69 Å². The maximum Gasteiger partial charge on any atom is 0.269 e. The van der Waals surface area contributed by atoms with Gasteiger partial charge in [-0.05, 0) is 36.1 Å². The molecule has 5 rings (SSSR count). The van der Waals surface area contributed by atoms with Gasteiger partial charge < -0.3 is 5.32 Å². The van der Waals surface area contributed by atoms with Crippen LogP contribution in [-0.4, -0.2) is 25.5 Å². The number of nitrogens with one attached hydrogen (secondary N) is 1. The molecule has 1 N–H and O–H groups in total. The molecule has 0 spiro atoms. The highest BCUT2D eigenvalue weighted by Crippen LogP contribution is 2.41. The van der Waals surface area contributed by atoms with E-state index >= 15 is 0 Å². The number of anilines is 1. The van der Waals surface area contributed by atoms with E-state index in [1.165, 1.54) is 40.7 Å². The number of non-ortho nitro benzene ring substituents is 1. The Morgan fingerprint density at radius 3 is 2.73 bits per heavy atom. The van der Waals surface area contributed by atoms with Crippen molar-refractivity contribution in [3.8, 4) is 0 Å². The molecule has 3 aromatic rings. The van der Waals surface area contributed by atoms with Crippen LogP contribution < -0.4 is 5.32 Å². The van der Waals surface area contributed by atoms with E-state index < -0.39 is 22.6 Å². The topological polar surface area (TPSA) is 103 Å². The van der Waals surface area contributed by atoms with Gasteiger partial charge in [0.1, 0.15) is 17.7 Å². The second kappa shape index (κ2) is 8.39. The van der Waals surface area contributed by atoms with Crippen molar-refractivity contribution < 1.29 is 18.5 Å². The van der Waals surface area contributed by atoms with Crippen LogP contribution in [0.3, 0.4) is 0 Å². The van der Waals surface area contributed by atoms with Crippen molar-refractivity contribution in [2.75, 3.05) is 5.32 Å². The number of allylic oxidation sites excluding steroid dienone is 2. The number of aromatic nitrogens is 3. The van der Waals surface area contributed by atoms with Gasteiger partial charge in [0.05, 0.1) is 4.92 Å². The Labute approximate surface area is 190 Å². The maximum atomic E-state index is 14.0. The Morgan fingerprint density at radius 2 is 1.97 bits per heavy atom. The second-order valence-corrected chi connectivity index (χ2v) is 8.72. The van der Waals surface area contributed by atoms with E-state index in [4.69, 9.17) is 0 Å². The molecule has 8 nitrogen and oxygen atoms in total. The van der Waals surface area contributed by atoms with Crippen LogP contribution in [0.25, 0.3) is 0 Å². The zero-order chi connectivity index (χ0) is 23.1. The predicted octanol–water partition coefficient (Wildman–Crippen LogP) is 4.78. The predicted molar refractivity (Wildman–Crippen MR) is 117 cm³/mol. The Balaban J connectivity index is 1.50. The summed E-state index contributed by atoms with van der Waals surface area (Å²) in [6.45, 7) is 0. The first-order valence-corrected chi connectivity index (χ1v) is 11.2. The molecule has 0 radical (unpaired) electrons. The average Bonchev–Trinajstić information content (AvgIpc) is 3.18. The minimum atomic E-state index is -0.797. The number of Topliss-reactive ketones (excluding diaryl/α,β-unsaturated/α-hetero) is 1. The third-order valence-corrected chi connectivity index (χ3v) is 6.45. The number of hydrogen-bond donors (Lipinski definition) is 1. The molecule has 0 bridgehead atoms. The molecule has 2 heterocycles. The van der Waals surface area contributed by atoms with Gasteiger partial charge in [-0.3, -0.25) is 14.9 Å². The fourth-order valence-corrected chi connectivity index (χ4v) is 4.92. The van der Waals surface area contributed by atoms with Crippen LogP contribution >= 0.6 is 11.8 Å². The number of hydrogen-bond acceptors (Lipinski definition) is 7. The van der Waals surface area contributed by atoms with E-state index in [0.29, 0.717) is 47.4 Å². The average molecular weight is 469 g/mol. The monoisotopic (exact) mass is 469 g/mol. The summed E-state index contributed by atoms with van der Waals surface area (Å²) in [5.74, 6) is -0.812. The van der Waals surface area contributed by atoms with Crippen molar-refractivity contribution in [3.05, 3.63) is 86.6 Å². The minimum absolute atomic E-state index is 0.00422. The zero-order valence-corrected chi connectivity index (χ0v) is 17.9.